The van der Waals surface area contributed by atoms with E-state index in [1.165, 1.54) is 23.5 Å². The Morgan fingerprint density at radius 1 is 1.11 bits per heavy atom. The minimum Gasteiger partial charge on any atom is -0.357 e. The maximum atomic E-state index is 14.8. The molecule has 0 bridgehead atoms. The van der Waals surface area contributed by atoms with Gasteiger partial charge in [0.2, 0.25) is 0 Å². The molecule has 0 radical (unpaired) electrons. The molecule has 10 nitrogen and oxygen atoms in total. The molecule has 3 N–H and O–H groups in total. The molecule has 1 aliphatic heterocycles. The number of rotatable bonds is 7. The maximum absolute atomic E-state index is 14.8. The van der Waals surface area contributed by atoms with Gasteiger partial charge in [-0.05, 0) is 24.4 Å². The van der Waals surface area contributed by atoms with Crippen LogP contribution in [0.2, 0.25) is 0 Å². The molecule has 1 aliphatic rings. The van der Waals surface area contributed by atoms with E-state index in [-0.39, 0.29) is 22.3 Å². The van der Waals surface area contributed by atoms with E-state index in [0.717, 1.165) is 28.2 Å². The van der Waals surface area contributed by atoms with Crippen LogP contribution in [-0.4, -0.2) is 64.4 Å². The van der Waals surface area contributed by atoms with Gasteiger partial charge >= 0.3 is 0 Å². The van der Waals surface area contributed by atoms with Crippen molar-refractivity contribution in [1.82, 2.24) is 19.9 Å². The number of amides is 1. The lowest BCUT2D eigenvalue weighted by molar-refractivity contribution is -0.126. The van der Waals surface area contributed by atoms with Crippen molar-refractivity contribution >= 4 is 40.9 Å². The molecule has 0 spiro atoms. The number of piperazine rings is 1. The summed E-state index contributed by atoms with van der Waals surface area (Å²) >= 11 is 0. The Labute approximate surface area is 217 Å². The Balaban J connectivity index is 1.34. The Morgan fingerprint density at radius 3 is 2.61 bits per heavy atom. The standard InChI is InChI=1S/C27H25FN8O2/c1-30-10-11-36(29)26-23-22(21(28)17-33-26)20(16-32-23)24(37)27(38)35-14-12-34(13-15-35)25-19(8-5-9-31-25)18-6-3-2-4-7-18/h2-11,16-17,32H,1,12-15,29H2/b11-10-. The lowest BCUT2D eigenvalue weighted by Crippen LogP contribution is -2.51. The van der Waals surface area contributed by atoms with Crippen LogP contribution in [0.15, 0.2) is 78.4 Å². The number of fused-ring (bicyclic) bond motifs is 1. The number of nitrogens with two attached hydrogens (primary N) is 1. The second-order valence-electron chi connectivity index (χ2n) is 8.62. The fourth-order valence-corrected chi connectivity index (χ4v) is 4.53. The average Bonchev–Trinajstić information content (AvgIpc) is 3.42. The summed E-state index contributed by atoms with van der Waals surface area (Å²) in [4.78, 5) is 44.9. The van der Waals surface area contributed by atoms with Crippen LogP contribution in [0.3, 0.4) is 0 Å². The molecule has 0 atom stereocenters. The first kappa shape index (κ1) is 24.8. The van der Waals surface area contributed by atoms with Crippen LogP contribution in [0.25, 0.3) is 22.0 Å². The lowest BCUT2D eigenvalue weighted by atomic mass is 10.1. The molecule has 4 aromatic rings. The molecule has 3 aromatic heterocycles. The number of carbonyl (C=O) groups excluding carboxylic acids is 2. The summed E-state index contributed by atoms with van der Waals surface area (Å²) in [7, 11) is 0. The molecule has 1 amide bonds. The third-order valence-electron chi connectivity index (χ3n) is 6.40. The van der Waals surface area contributed by atoms with Crippen molar-refractivity contribution in [3.05, 3.63) is 84.8 Å². The number of hydrogen-bond acceptors (Lipinski definition) is 8. The summed E-state index contributed by atoms with van der Waals surface area (Å²) in [6.45, 7) is 4.97. The van der Waals surface area contributed by atoms with Gasteiger partial charge in [-0.2, -0.15) is 0 Å². The molecule has 1 aromatic carbocycles. The number of nitrogens with one attached hydrogen (secondary N) is 1. The van der Waals surface area contributed by atoms with Crippen LogP contribution in [-0.2, 0) is 4.79 Å². The highest BCUT2D eigenvalue weighted by molar-refractivity contribution is 6.45. The van der Waals surface area contributed by atoms with Gasteiger partial charge in [0.25, 0.3) is 11.7 Å². The third kappa shape index (κ3) is 4.62. The molecule has 0 unspecified atom stereocenters. The van der Waals surface area contributed by atoms with Crippen LogP contribution in [0.1, 0.15) is 10.4 Å². The van der Waals surface area contributed by atoms with Gasteiger partial charge in [-0.3, -0.25) is 19.6 Å². The minimum atomic E-state index is -0.810. The van der Waals surface area contributed by atoms with Gasteiger partial charge in [-0.25, -0.2) is 20.2 Å². The van der Waals surface area contributed by atoms with Gasteiger partial charge in [-0.15, -0.1) is 0 Å². The number of aromatic nitrogens is 3. The quantitative estimate of drug-likeness (QED) is 0.128. The van der Waals surface area contributed by atoms with Crippen molar-refractivity contribution in [3.8, 4) is 11.1 Å². The summed E-state index contributed by atoms with van der Waals surface area (Å²) in [6, 6.07) is 13.9. The van der Waals surface area contributed by atoms with Crippen molar-refractivity contribution in [2.24, 2.45) is 10.8 Å². The van der Waals surface area contributed by atoms with Gasteiger partial charge in [0, 0.05) is 56.5 Å². The first-order valence-electron chi connectivity index (χ1n) is 11.9. The van der Waals surface area contributed by atoms with E-state index in [0.29, 0.717) is 26.2 Å². The number of aliphatic imine (C=N–C) groups is 1. The number of anilines is 2. The molecular formula is C27H25FN8O2. The van der Waals surface area contributed by atoms with Crippen LogP contribution in [0, 0.1) is 5.82 Å². The molecule has 4 heterocycles. The van der Waals surface area contributed by atoms with Crippen LogP contribution in [0.4, 0.5) is 16.0 Å². The molecule has 38 heavy (non-hydrogen) atoms. The number of nitrogens with zero attached hydrogens (tertiary/aromatic N) is 6. The Bertz CT molecular complexity index is 1530. The maximum Gasteiger partial charge on any atom is 0.295 e. The van der Waals surface area contributed by atoms with E-state index in [9.17, 15) is 14.0 Å². The third-order valence-corrected chi connectivity index (χ3v) is 6.40. The fraction of sp³-hybridized carbons (Fsp3) is 0.148. The van der Waals surface area contributed by atoms with Crippen molar-refractivity contribution < 1.29 is 14.0 Å². The molecule has 1 saturated heterocycles. The predicted octanol–water partition coefficient (Wildman–Crippen LogP) is 3.15. The topological polar surface area (TPSA) is 124 Å². The van der Waals surface area contributed by atoms with Gasteiger partial charge in [0.05, 0.1) is 22.7 Å². The number of hydrogen-bond donors (Lipinski definition) is 2. The number of halogens is 1. The van der Waals surface area contributed by atoms with Gasteiger partial charge in [-0.1, -0.05) is 30.3 Å². The summed E-state index contributed by atoms with van der Waals surface area (Å²) in [6.07, 6.45) is 6.72. The number of carbonyl (C=O) groups is 2. The minimum absolute atomic E-state index is 0.0524. The molecule has 0 saturated carbocycles. The highest BCUT2D eigenvalue weighted by Gasteiger charge is 2.31. The van der Waals surface area contributed by atoms with Crippen LogP contribution >= 0.6 is 0 Å². The van der Waals surface area contributed by atoms with E-state index in [1.807, 2.05) is 42.5 Å². The highest BCUT2D eigenvalue weighted by atomic mass is 19.1. The summed E-state index contributed by atoms with van der Waals surface area (Å²) < 4.78 is 14.8. The number of aromatic amines is 1. The molecule has 1 fully saturated rings. The predicted molar refractivity (Wildman–Crippen MR) is 144 cm³/mol. The number of ketones is 1. The van der Waals surface area contributed by atoms with E-state index in [4.69, 9.17) is 5.84 Å². The fourth-order valence-electron chi connectivity index (χ4n) is 4.53. The number of Topliss-reactive ketones (excluding diaryl/α,β-unsaturated/α-hetero) is 1. The zero-order chi connectivity index (χ0) is 26.6. The second-order valence-corrected chi connectivity index (χ2v) is 8.62. The zero-order valence-corrected chi connectivity index (χ0v) is 20.4. The first-order chi connectivity index (χ1) is 18.5. The Hall–Kier alpha value is -4.90. The van der Waals surface area contributed by atoms with E-state index >= 15 is 0 Å². The van der Waals surface area contributed by atoms with E-state index < -0.39 is 17.5 Å². The summed E-state index contributed by atoms with van der Waals surface area (Å²) in [5, 5.41) is 1.06. The normalized spacial score (nSPS) is 13.7. The lowest BCUT2D eigenvalue weighted by Gasteiger charge is -2.35. The number of benzene rings is 1. The van der Waals surface area contributed by atoms with Gasteiger partial charge in [0.1, 0.15) is 5.82 Å². The molecule has 11 heteroatoms. The van der Waals surface area contributed by atoms with Gasteiger partial charge in [0.15, 0.2) is 11.6 Å². The smallest absolute Gasteiger partial charge is 0.295 e. The van der Waals surface area contributed by atoms with Crippen molar-refractivity contribution in [2.75, 3.05) is 36.1 Å². The largest absolute Gasteiger partial charge is 0.357 e. The molecule has 192 valence electrons. The van der Waals surface area contributed by atoms with Crippen molar-refractivity contribution in [2.45, 2.75) is 0 Å². The second kappa shape index (κ2) is 10.6. The number of hydrazine groups is 1. The Morgan fingerprint density at radius 2 is 1.87 bits per heavy atom. The monoisotopic (exact) mass is 512 g/mol. The molecular weight excluding hydrogens is 487 g/mol. The Kier molecular flexibility index (Phi) is 6.92. The summed E-state index contributed by atoms with van der Waals surface area (Å²) in [5.74, 6) is 4.68. The highest BCUT2D eigenvalue weighted by Crippen LogP contribution is 2.30. The van der Waals surface area contributed by atoms with Crippen LogP contribution < -0.4 is 15.8 Å². The van der Waals surface area contributed by atoms with Crippen molar-refractivity contribution in [1.29, 1.82) is 0 Å². The van der Waals surface area contributed by atoms with E-state index in [1.54, 1.807) is 6.20 Å². The number of pyridine rings is 2. The zero-order valence-electron chi connectivity index (χ0n) is 20.4. The average molecular weight is 513 g/mol. The first-order valence-corrected chi connectivity index (χ1v) is 11.9. The molecule has 5 rings (SSSR count). The SMILES string of the molecule is C=N/C=C\N(N)c1ncc(F)c2c(C(=O)C(=O)N3CCN(c4ncccc4-c4ccccc4)CC3)c[nH]c12. The summed E-state index contributed by atoms with van der Waals surface area (Å²) in [5.41, 5.74) is 2.15. The number of H-pyrrole nitrogens is 1. The van der Waals surface area contributed by atoms with Crippen LogP contribution in [0.5, 0.6) is 0 Å². The van der Waals surface area contributed by atoms with Crippen molar-refractivity contribution in [3.63, 3.8) is 0 Å². The van der Waals surface area contributed by atoms with Gasteiger partial charge < -0.3 is 14.8 Å². The van der Waals surface area contributed by atoms with E-state index in [2.05, 4.69) is 31.6 Å². The molecule has 0 aliphatic carbocycles.